The number of halogens is 2. The van der Waals surface area contributed by atoms with Crippen molar-refractivity contribution in [2.75, 3.05) is 19.8 Å². The molecule has 5 rings (SSSR count). The minimum atomic E-state index is -6.03. The first-order valence-electron chi connectivity index (χ1n) is 12.9. The van der Waals surface area contributed by atoms with Gasteiger partial charge in [0, 0.05) is 19.3 Å². The Kier molecular flexibility index (Phi) is 7.70. The van der Waals surface area contributed by atoms with Gasteiger partial charge in [-0.15, -0.1) is 0 Å². The average Bonchev–Trinajstić information content (AvgIpc) is 2.78. The number of hydrogen-bond donors (Lipinski definition) is 2. The first-order valence-corrected chi connectivity index (χ1v) is 14.3. The second-order valence-electron chi connectivity index (χ2n) is 11.4. The molecule has 0 saturated heterocycles. The molecule has 4 atom stereocenters. The zero-order valence-electron chi connectivity index (χ0n) is 21.0. The lowest BCUT2D eigenvalue weighted by atomic mass is 9.50. The Labute approximate surface area is 215 Å². The molecule has 0 radical (unpaired) electrons. The lowest BCUT2D eigenvalue weighted by Gasteiger charge is -2.63. The highest BCUT2D eigenvalue weighted by molar-refractivity contribution is 7.87. The van der Waals surface area contributed by atoms with Crippen molar-refractivity contribution in [1.82, 2.24) is 0 Å². The van der Waals surface area contributed by atoms with Crippen molar-refractivity contribution in [3.8, 4) is 0 Å². The van der Waals surface area contributed by atoms with E-state index in [0.29, 0.717) is 12.8 Å². The third kappa shape index (κ3) is 5.95. The summed E-state index contributed by atoms with van der Waals surface area (Å²) < 4.78 is 80.7. The number of esters is 2. The first kappa shape index (κ1) is 28.6. The van der Waals surface area contributed by atoms with E-state index in [-0.39, 0.29) is 50.4 Å². The Bertz CT molecular complexity index is 997. The molecule has 5 aliphatic rings. The van der Waals surface area contributed by atoms with Gasteiger partial charge in [-0.25, -0.2) is 9.59 Å². The van der Waals surface area contributed by atoms with E-state index in [1.807, 2.05) is 0 Å². The van der Waals surface area contributed by atoms with Gasteiger partial charge in [-0.2, -0.15) is 17.2 Å². The first-order chi connectivity index (χ1) is 17.2. The highest BCUT2D eigenvalue weighted by Crippen LogP contribution is 2.62. The highest BCUT2D eigenvalue weighted by Gasteiger charge is 2.67. The predicted molar refractivity (Wildman–Crippen MR) is 123 cm³/mol. The van der Waals surface area contributed by atoms with Gasteiger partial charge in [0.25, 0.3) is 0 Å². The molecular formula is C24H36F2O10S. The molecule has 0 aliphatic heterocycles. The summed E-state index contributed by atoms with van der Waals surface area (Å²) in [5.74, 6) is -3.30. The van der Waals surface area contributed by atoms with Gasteiger partial charge in [-0.1, -0.05) is 26.2 Å². The summed E-state index contributed by atoms with van der Waals surface area (Å²) in [6.07, 6.45) is 7.00. The van der Waals surface area contributed by atoms with Gasteiger partial charge in [0.1, 0.15) is 18.8 Å². The summed E-state index contributed by atoms with van der Waals surface area (Å²) in [7, 11) is -6.03. The van der Waals surface area contributed by atoms with Crippen LogP contribution in [0.5, 0.6) is 0 Å². The Balaban J connectivity index is 1.33. The second kappa shape index (κ2) is 9.96. The molecule has 13 heteroatoms. The minimum Gasteiger partial charge on any atom is -0.462 e. The second-order valence-corrected chi connectivity index (χ2v) is 12.9. The van der Waals surface area contributed by atoms with Gasteiger partial charge in [0.2, 0.25) is 0 Å². The van der Waals surface area contributed by atoms with Crippen LogP contribution in [0, 0.1) is 5.92 Å². The van der Waals surface area contributed by atoms with Gasteiger partial charge in [-0.05, 0) is 44.4 Å². The van der Waals surface area contributed by atoms with Crippen LogP contribution in [-0.4, -0.2) is 77.5 Å². The van der Waals surface area contributed by atoms with E-state index in [0.717, 1.165) is 32.1 Å². The molecule has 5 saturated carbocycles. The third-order valence-corrected chi connectivity index (χ3v) is 9.28. The monoisotopic (exact) mass is 554 g/mol. The fourth-order valence-electron chi connectivity index (χ4n) is 7.31. The smallest absolute Gasteiger partial charge is 0.462 e. The molecule has 0 heterocycles. The van der Waals surface area contributed by atoms with E-state index >= 15 is 0 Å². The van der Waals surface area contributed by atoms with Crippen LogP contribution in [0.2, 0.25) is 0 Å². The normalized spacial score (nSPS) is 34.8. The van der Waals surface area contributed by atoms with Crippen LogP contribution in [-0.2, 0) is 38.7 Å². The molecule has 0 spiro atoms. The molecule has 0 aromatic heterocycles. The van der Waals surface area contributed by atoms with Crippen LogP contribution in [0.15, 0.2) is 0 Å². The van der Waals surface area contributed by atoms with E-state index < -0.39 is 50.7 Å². The molecule has 2 N–H and O–H groups in total. The Morgan fingerprint density at radius 3 is 2.24 bits per heavy atom. The summed E-state index contributed by atoms with van der Waals surface area (Å²) >= 11 is 0. The van der Waals surface area contributed by atoms with Crippen LogP contribution in [0.1, 0.15) is 84.0 Å². The molecule has 5 fully saturated rings. The molecule has 37 heavy (non-hydrogen) atoms. The molecule has 0 aromatic rings. The summed E-state index contributed by atoms with van der Waals surface area (Å²) in [5, 5.41) is 5.91. The number of alkyl halides is 2. The maximum atomic E-state index is 13.9. The molecular weight excluding hydrogens is 518 g/mol. The third-order valence-electron chi connectivity index (χ3n) is 8.47. The molecule has 5 aliphatic carbocycles. The van der Waals surface area contributed by atoms with Crippen LogP contribution in [0.3, 0.4) is 0 Å². The largest absolute Gasteiger partial charge is 0.465 e. The van der Waals surface area contributed by atoms with Crippen molar-refractivity contribution in [1.29, 1.82) is 0 Å². The van der Waals surface area contributed by atoms with E-state index in [1.54, 1.807) is 0 Å². The maximum absolute atomic E-state index is 13.9. The number of hydrogen-bond acceptors (Lipinski definition) is 9. The zero-order valence-corrected chi connectivity index (χ0v) is 21.8. The Hall–Kier alpha value is -1.41. The van der Waals surface area contributed by atoms with Crippen molar-refractivity contribution in [2.24, 2.45) is 5.92 Å². The van der Waals surface area contributed by atoms with Crippen molar-refractivity contribution in [3.05, 3.63) is 0 Å². The molecule has 4 unspecified atom stereocenters. The van der Waals surface area contributed by atoms with Gasteiger partial charge < -0.3 is 24.1 Å². The highest BCUT2D eigenvalue weighted by atomic mass is 32.2. The Morgan fingerprint density at radius 1 is 0.973 bits per heavy atom. The molecule has 4 bridgehead atoms. The van der Waals surface area contributed by atoms with Crippen molar-refractivity contribution >= 4 is 22.1 Å². The molecule has 0 aromatic carbocycles. The molecule has 212 valence electrons. The average molecular weight is 555 g/mol. The minimum absolute atomic E-state index is 0.0514. The van der Waals surface area contributed by atoms with Crippen molar-refractivity contribution in [3.63, 3.8) is 0 Å². The van der Waals surface area contributed by atoms with Crippen molar-refractivity contribution in [2.45, 2.75) is 112 Å². The van der Waals surface area contributed by atoms with Gasteiger partial charge in [-0.3, -0.25) is 4.55 Å². The SMILES string of the molecule is CCC1(OCCOC(=O)COC23CC4CC(O)(C2)CC(OC(=O)C(F)(F)S(=O)(=O)O)(C4)C3)CCCCC1. The number of ether oxygens (including phenoxy) is 4. The van der Waals surface area contributed by atoms with Gasteiger partial charge >= 0.3 is 27.3 Å². The summed E-state index contributed by atoms with van der Waals surface area (Å²) in [6.45, 7) is 1.94. The number of aliphatic hydroxyl groups is 1. The summed E-state index contributed by atoms with van der Waals surface area (Å²) in [4.78, 5) is 24.4. The lowest BCUT2D eigenvalue weighted by molar-refractivity contribution is -0.277. The zero-order chi connectivity index (χ0) is 27.2. The van der Waals surface area contributed by atoms with E-state index in [1.165, 1.54) is 6.42 Å². The molecule has 10 nitrogen and oxygen atoms in total. The van der Waals surface area contributed by atoms with Crippen LogP contribution < -0.4 is 0 Å². The van der Waals surface area contributed by atoms with E-state index in [9.17, 15) is 31.9 Å². The fourth-order valence-corrected chi connectivity index (χ4v) is 7.56. The summed E-state index contributed by atoms with van der Waals surface area (Å²) in [6, 6.07) is 0. The van der Waals surface area contributed by atoms with Crippen molar-refractivity contribution < 1.29 is 55.4 Å². The van der Waals surface area contributed by atoms with Crippen LogP contribution >= 0.6 is 0 Å². The topological polar surface area (TPSA) is 146 Å². The van der Waals surface area contributed by atoms with Crippen LogP contribution in [0.4, 0.5) is 8.78 Å². The maximum Gasteiger partial charge on any atom is 0.465 e. The lowest BCUT2D eigenvalue weighted by Crippen LogP contribution is -2.68. The van der Waals surface area contributed by atoms with Crippen LogP contribution in [0.25, 0.3) is 0 Å². The van der Waals surface area contributed by atoms with E-state index in [2.05, 4.69) is 6.92 Å². The number of carbonyl (C=O) groups is 2. The Morgan fingerprint density at radius 2 is 1.62 bits per heavy atom. The molecule has 0 amide bonds. The number of carbonyl (C=O) groups excluding carboxylic acids is 2. The fraction of sp³-hybridized carbons (Fsp3) is 0.917. The number of rotatable bonds is 11. The quantitative estimate of drug-likeness (QED) is 0.222. The van der Waals surface area contributed by atoms with Gasteiger partial charge in [0.15, 0.2) is 0 Å². The van der Waals surface area contributed by atoms with E-state index in [4.69, 9.17) is 23.5 Å². The predicted octanol–water partition coefficient (Wildman–Crippen LogP) is 2.91. The standard InChI is InChI=1S/C24H36F2O10S/c1-2-21(6-4-3-5-7-21)34-9-8-33-18(27)13-35-22-11-17-10-20(29,14-22)15-23(12-17,16-22)36-19(28)24(25,26)37(30,31)32/h17,29H,2-16H2,1H3,(H,30,31,32). The van der Waals surface area contributed by atoms with Gasteiger partial charge in [0.05, 0.1) is 23.4 Å². The summed E-state index contributed by atoms with van der Waals surface area (Å²) in [5.41, 5.74) is -4.30.